The number of benzene rings is 1. The normalized spacial score (nSPS) is 10.9. The van der Waals surface area contributed by atoms with E-state index < -0.39 is 0 Å². The molecule has 0 fully saturated rings. The minimum Gasteiger partial charge on any atom is -0.459 e. The SMILES string of the molecule is CC.CCC(C)OC(=O)c1ccccc1. The van der Waals surface area contributed by atoms with Gasteiger partial charge in [-0.25, -0.2) is 4.79 Å². The topological polar surface area (TPSA) is 26.3 Å². The number of carbonyl (C=O) groups is 1. The molecule has 0 spiro atoms. The van der Waals surface area contributed by atoms with Gasteiger partial charge >= 0.3 is 5.97 Å². The van der Waals surface area contributed by atoms with Crippen LogP contribution in [0, 0.1) is 0 Å². The average molecular weight is 208 g/mol. The molecule has 1 atom stereocenters. The van der Waals surface area contributed by atoms with Crippen molar-refractivity contribution in [2.75, 3.05) is 0 Å². The van der Waals surface area contributed by atoms with Crippen LogP contribution < -0.4 is 0 Å². The monoisotopic (exact) mass is 208 g/mol. The number of carbonyl (C=O) groups excluding carboxylic acids is 1. The van der Waals surface area contributed by atoms with Crippen molar-refractivity contribution in [1.82, 2.24) is 0 Å². The fraction of sp³-hybridized carbons (Fsp3) is 0.462. The van der Waals surface area contributed by atoms with Crippen molar-refractivity contribution in [2.45, 2.75) is 40.2 Å². The van der Waals surface area contributed by atoms with Crippen LogP contribution in [0.5, 0.6) is 0 Å². The fourth-order valence-electron chi connectivity index (χ4n) is 0.908. The second kappa shape index (κ2) is 8.04. The van der Waals surface area contributed by atoms with Crippen LogP contribution in [0.3, 0.4) is 0 Å². The van der Waals surface area contributed by atoms with E-state index in [2.05, 4.69) is 0 Å². The van der Waals surface area contributed by atoms with Crippen molar-refractivity contribution < 1.29 is 9.53 Å². The van der Waals surface area contributed by atoms with E-state index in [0.717, 1.165) is 6.42 Å². The lowest BCUT2D eigenvalue weighted by molar-refractivity contribution is 0.0334. The zero-order chi connectivity index (χ0) is 11.7. The molecular weight excluding hydrogens is 188 g/mol. The molecule has 0 aliphatic carbocycles. The summed E-state index contributed by atoms with van der Waals surface area (Å²) in [7, 11) is 0. The quantitative estimate of drug-likeness (QED) is 0.708. The standard InChI is InChI=1S/C11H14O2.C2H6/c1-3-9(2)13-11(12)10-7-5-4-6-8-10;1-2/h4-9H,3H2,1-2H3;1-2H3. The number of hydrogen-bond acceptors (Lipinski definition) is 2. The summed E-state index contributed by atoms with van der Waals surface area (Å²) in [4.78, 5) is 11.4. The molecule has 0 aliphatic heterocycles. The Kier molecular flexibility index (Phi) is 7.33. The van der Waals surface area contributed by atoms with Crippen molar-refractivity contribution in [2.24, 2.45) is 0 Å². The molecule has 84 valence electrons. The van der Waals surface area contributed by atoms with Crippen LogP contribution in [-0.2, 0) is 4.74 Å². The predicted octanol–water partition coefficient (Wildman–Crippen LogP) is 3.67. The highest BCUT2D eigenvalue weighted by Crippen LogP contribution is 2.05. The first-order valence-corrected chi connectivity index (χ1v) is 5.50. The first-order valence-electron chi connectivity index (χ1n) is 5.50. The van der Waals surface area contributed by atoms with Crippen LogP contribution in [0.15, 0.2) is 30.3 Å². The van der Waals surface area contributed by atoms with E-state index in [1.807, 2.05) is 45.9 Å². The third kappa shape index (κ3) is 5.21. The largest absolute Gasteiger partial charge is 0.459 e. The molecular formula is C13H20O2. The van der Waals surface area contributed by atoms with Gasteiger partial charge in [-0.1, -0.05) is 39.0 Å². The van der Waals surface area contributed by atoms with Gasteiger partial charge in [0.05, 0.1) is 11.7 Å². The minimum absolute atomic E-state index is 0.00675. The van der Waals surface area contributed by atoms with Crippen LogP contribution in [0.25, 0.3) is 0 Å². The van der Waals surface area contributed by atoms with E-state index in [4.69, 9.17) is 4.74 Å². The number of rotatable bonds is 3. The van der Waals surface area contributed by atoms with Gasteiger partial charge < -0.3 is 4.74 Å². The lowest BCUT2D eigenvalue weighted by Gasteiger charge is -2.10. The van der Waals surface area contributed by atoms with Crippen molar-refractivity contribution in [3.8, 4) is 0 Å². The van der Waals surface area contributed by atoms with Gasteiger partial charge in [0, 0.05) is 0 Å². The molecule has 15 heavy (non-hydrogen) atoms. The van der Waals surface area contributed by atoms with Gasteiger partial charge in [-0.15, -0.1) is 0 Å². The average Bonchev–Trinajstić information content (AvgIpc) is 2.32. The van der Waals surface area contributed by atoms with Crippen LogP contribution in [-0.4, -0.2) is 12.1 Å². The smallest absolute Gasteiger partial charge is 0.338 e. The van der Waals surface area contributed by atoms with Crippen LogP contribution in [0.4, 0.5) is 0 Å². The zero-order valence-corrected chi connectivity index (χ0v) is 9.99. The Morgan fingerprint density at radius 3 is 2.27 bits per heavy atom. The predicted molar refractivity (Wildman–Crippen MR) is 63.0 cm³/mol. The highest BCUT2D eigenvalue weighted by molar-refractivity contribution is 5.89. The Morgan fingerprint density at radius 2 is 1.80 bits per heavy atom. The minimum atomic E-state index is -0.241. The van der Waals surface area contributed by atoms with Gasteiger partial charge in [0.1, 0.15) is 0 Å². The van der Waals surface area contributed by atoms with Crippen molar-refractivity contribution in [1.29, 1.82) is 0 Å². The molecule has 1 aromatic carbocycles. The van der Waals surface area contributed by atoms with Crippen LogP contribution >= 0.6 is 0 Å². The Labute approximate surface area is 92.3 Å². The molecule has 0 heterocycles. The maximum atomic E-state index is 11.4. The Morgan fingerprint density at radius 1 is 1.27 bits per heavy atom. The summed E-state index contributed by atoms with van der Waals surface area (Å²) < 4.78 is 5.15. The molecule has 1 aromatic rings. The molecule has 0 aliphatic rings. The third-order valence-corrected chi connectivity index (χ3v) is 1.89. The van der Waals surface area contributed by atoms with Gasteiger partial charge in [-0.2, -0.15) is 0 Å². The summed E-state index contributed by atoms with van der Waals surface area (Å²) >= 11 is 0. The molecule has 2 nitrogen and oxygen atoms in total. The van der Waals surface area contributed by atoms with Crippen molar-refractivity contribution in [3.63, 3.8) is 0 Å². The van der Waals surface area contributed by atoms with Crippen LogP contribution in [0.1, 0.15) is 44.5 Å². The van der Waals surface area contributed by atoms with Gasteiger partial charge in [0.15, 0.2) is 0 Å². The summed E-state index contributed by atoms with van der Waals surface area (Å²) in [6, 6.07) is 9.04. The van der Waals surface area contributed by atoms with Crippen molar-refractivity contribution >= 4 is 5.97 Å². The zero-order valence-electron chi connectivity index (χ0n) is 9.99. The number of ether oxygens (including phenoxy) is 1. The summed E-state index contributed by atoms with van der Waals surface area (Å²) in [5, 5.41) is 0. The maximum Gasteiger partial charge on any atom is 0.338 e. The van der Waals surface area contributed by atoms with Gasteiger partial charge in [-0.05, 0) is 25.5 Å². The van der Waals surface area contributed by atoms with E-state index in [9.17, 15) is 4.79 Å². The highest BCUT2D eigenvalue weighted by atomic mass is 16.5. The van der Waals surface area contributed by atoms with Gasteiger partial charge in [0.25, 0.3) is 0 Å². The summed E-state index contributed by atoms with van der Waals surface area (Å²) in [5.41, 5.74) is 0.614. The molecule has 0 aromatic heterocycles. The Hall–Kier alpha value is -1.31. The van der Waals surface area contributed by atoms with E-state index in [0.29, 0.717) is 5.56 Å². The van der Waals surface area contributed by atoms with E-state index >= 15 is 0 Å². The summed E-state index contributed by atoms with van der Waals surface area (Å²) in [6.07, 6.45) is 0.839. The molecule has 0 amide bonds. The molecule has 0 radical (unpaired) electrons. The lowest BCUT2D eigenvalue weighted by Crippen LogP contribution is -2.13. The first kappa shape index (κ1) is 13.7. The Balaban J connectivity index is 0.000000921. The van der Waals surface area contributed by atoms with Crippen LogP contribution in [0.2, 0.25) is 0 Å². The molecule has 0 N–H and O–H groups in total. The van der Waals surface area contributed by atoms with E-state index in [-0.39, 0.29) is 12.1 Å². The molecule has 1 unspecified atom stereocenters. The molecule has 0 bridgehead atoms. The third-order valence-electron chi connectivity index (χ3n) is 1.89. The second-order valence-corrected chi connectivity index (χ2v) is 2.99. The second-order valence-electron chi connectivity index (χ2n) is 2.99. The number of hydrogen-bond donors (Lipinski definition) is 0. The molecule has 0 saturated carbocycles. The summed E-state index contributed by atoms with van der Waals surface area (Å²) in [6.45, 7) is 7.88. The first-order chi connectivity index (χ1) is 7.24. The van der Waals surface area contributed by atoms with Gasteiger partial charge in [-0.3, -0.25) is 0 Å². The lowest BCUT2D eigenvalue weighted by atomic mass is 10.2. The molecule has 1 rings (SSSR count). The highest BCUT2D eigenvalue weighted by Gasteiger charge is 2.08. The number of esters is 1. The molecule has 0 saturated heterocycles. The van der Waals surface area contributed by atoms with E-state index in [1.54, 1.807) is 12.1 Å². The summed E-state index contributed by atoms with van der Waals surface area (Å²) in [5.74, 6) is -0.241. The fourth-order valence-corrected chi connectivity index (χ4v) is 0.908. The van der Waals surface area contributed by atoms with Gasteiger partial charge in [0.2, 0.25) is 0 Å². The molecule has 2 heteroatoms. The van der Waals surface area contributed by atoms with E-state index in [1.165, 1.54) is 0 Å². The van der Waals surface area contributed by atoms with Crippen molar-refractivity contribution in [3.05, 3.63) is 35.9 Å². The Bertz CT molecular complexity index is 267. The maximum absolute atomic E-state index is 11.4.